The van der Waals surface area contributed by atoms with Crippen LogP contribution in [0.25, 0.3) is 0 Å². The van der Waals surface area contributed by atoms with E-state index in [0.717, 1.165) is 0 Å². The third-order valence-electron chi connectivity index (χ3n) is 2.57. The van der Waals surface area contributed by atoms with E-state index < -0.39 is 5.60 Å². The van der Waals surface area contributed by atoms with Crippen molar-refractivity contribution in [1.29, 1.82) is 5.26 Å². The van der Waals surface area contributed by atoms with Crippen LogP contribution in [-0.4, -0.2) is 18.1 Å². The van der Waals surface area contributed by atoms with Gasteiger partial charge < -0.3 is 4.74 Å². The highest BCUT2D eigenvalue weighted by molar-refractivity contribution is 6.31. The zero-order valence-corrected chi connectivity index (χ0v) is 10.3. The van der Waals surface area contributed by atoms with Crippen LogP contribution in [0.5, 0.6) is 5.75 Å². The van der Waals surface area contributed by atoms with E-state index in [2.05, 4.69) is 0 Å². The van der Waals surface area contributed by atoms with Crippen molar-refractivity contribution < 1.29 is 9.53 Å². The van der Waals surface area contributed by atoms with Crippen LogP contribution in [0.3, 0.4) is 0 Å². The quantitative estimate of drug-likeness (QED) is 0.719. The Morgan fingerprint density at radius 1 is 1.53 bits per heavy atom. The van der Waals surface area contributed by atoms with Gasteiger partial charge in [-0.25, -0.2) is 0 Å². The lowest BCUT2D eigenvalue weighted by Crippen LogP contribution is -2.52. The van der Waals surface area contributed by atoms with Gasteiger partial charge in [0.2, 0.25) is 0 Å². The fourth-order valence-electron chi connectivity index (χ4n) is 1.77. The number of amides is 1. The molecule has 0 aromatic heterocycles. The number of nitrogens with zero attached hydrogens (tertiary/aromatic N) is 2. The lowest BCUT2D eigenvalue weighted by molar-refractivity contribution is -0.132. The molecule has 88 valence electrons. The predicted molar refractivity (Wildman–Crippen MR) is 64.1 cm³/mol. The first-order valence-electron chi connectivity index (χ1n) is 5.13. The number of hydrogen-bond donors (Lipinski definition) is 0. The molecule has 1 aromatic rings. The average Bonchev–Trinajstić information content (AvgIpc) is 2.26. The van der Waals surface area contributed by atoms with E-state index in [1.54, 1.807) is 32.0 Å². The Balaban J connectivity index is 2.55. The molecule has 0 saturated carbocycles. The largest absolute Gasteiger partial charge is 0.476 e. The van der Waals surface area contributed by atoms with Crippen LogP contribution in [-0.2, 0) is 4.79 Å². The van der Waals surface area contributed by atoms with Crippen molar-refractivity contribution >= 4 is 23.2 Å². The first-order valence-corrected chi connectivity index (χ1v) is 5.51. The average molecular weight is 251 g/mol. The molecule has 4 nitrogen and oxygen atoms in total. The number of ether oxygens (including phenoxy) is 1. The van der Waals surface area contributed by atoms with Crippen LogP contribution >= 0.6 is 11.6 Å². The SMILES string of the molecule is CC1(C)Oc2ccc(Cl)cc2N(CC#N)C1=O. The monoisotopic (exact) mass is 250 g/mol. The molecule has 0 bridgehead atoms. The van der Waals surface area contributed by atoms with Crippen molar-refractivity contribution in [1.82, 2.24) is 0 Å². The minimum atomic E-state index is -0.961. The third kappa shape index (κ3) is 1.94. The number of hydrogen-bond acceptors (Lipinski definition) is 3. The van der Waals surface area contributed by atoms with Crippen molar-refractivity contribution in [2.45, 2.75) is 19.4 Å². The molecule has 1 aliphatic heterocycles. The van der Waals surface area contributed by atoms with Crippen molar-refractivity contribution in [3.8, 4) is 11.8 Å². The number of nitriles is 1. The molecule has 5 heteroatoms. The standard InChI is InChI=1S/C12H11ClN2O2/c1-12(2)11(16)15(6-5-14)9-7-8(13)3-4-10(9)17-12/h3-4,7H,6H2,1-2H3. The van der Waals surface area contributed by atoms with E-state index in [4.69, 9.17) is 21.6 Å². The second-order valence-electron chi connectivity index (χ2n) is 4.27. The molecule has 1 aliphatic rings. The van der Waals surface area contributed by atoms with E-state index in [0.29, 0.717) is 16.5 Å². The molecule has 0 saturated heterocycles. The van der Waals surface area contributed by atoms with Gasteiger partial charge in [-0.2, -0.15) is 5.26 Å². The summed E-state index contributed by atoms with van der Waals surface area (Å²) in [5.74, 6) is 0.322. The lowest BCUT2D eigenvalue weighted by Gasteiger charge is -2.37. The smallest absolute Gasteiger partial charge is 0.271 e. The summed E-state index contributed by atoms with van der Waals surface area (Å²) < 4.78 is 5.60. The van der Waals surface area contributed by atoms with Crippen LogP contribution in [0.2, 0.25) is 5.02 Å². The first kappa shape index (κ1) is 11.7. The number of halogens is 1. The Bertz CT molecular complexity index is 520. The topological polar surface area (TPSA) is 53.3 Å². The van der Waals surface area contributed by atoms with Gasteiger partial charge in [0.15, 0.2) is 5.60 Å². The normalized spacial score (nSPS) is 17.1. The van der Waals surface area contributed by atoms with E-state index in [1.807, 2.05) is 6.07 Å². The fourth-order valence-corrected chi connectivity index (χ4v) is 1.93. The van der Waals surface area contributed by atoms with Gasteiger partial charge in [-0.1, -0.05) is 11.6 Å². The summed E-state index contributed by atoms with van der Waals surface area (Å²) in [5, 5.41) is 9.29. The van der Waals surface area contributed by atoms with Crippen molar-refractivity contribution in [3.05, 3.63) is 23.2 Å². The number of rotatable bonds is 1. The molecular formula is C12H11ClN2O2. The minimum absolute atomic E-state index is 0.0149. The molecule has 17 heavy (non-hydrogen) atoms. The van der Waals surface area contributed by atoms with Crippen molar-refractivity contribution in [2.24, 2.45) is 0 Å². The van der Waals surface area contributed by atoms with Crippen LogP contribution < -0.4 is 9.64 Å². The summed E-state index contributed by atoms with van der Waals surface area (Å²) in [6.07, 6.45) is 0. The maximum atomic E-state index is 12.1. The van der Waals surface area contributed by atoms with Gasteiger partial charge in [-0.3, -0.25) is 9.69 Å². The Kier molecular flexibility index (Phi) is 2.72. The molecule has 0 atom stereocenters. The molecule has 0 unspecified atom stereocenters. The summed E-state index contributed by atoms with van der Waals surface area (Å²) in [6, 6.07) is 6.99. The second kappa shape index (κ2) is 3.94. The number of carbonyl (C=O) groups is 1. The zero-order chi connectivity index (χ0) is 12.6. The summed E-state index contributed by atoms with van der Waals surface area (Å²) in [4.78, 5) is 13.5. The van der Waals surface area contributed by atoms with Crippen LogP contribution in [0.15, 0.2) is 18.2 Å². The number of fused-ring (bicyclic) bond motifs is 1. The summed E-state index contributed by atoms with van der Waals surface area (Å²) in [6.45, 7) is 3.34. The van der Waals surface area contributed by atoms with Crippen molar-refractivity contribution in [2.75, 3.05) is 11.4 Å². The molecule has 1 aromatic carbocycles. The molecule has 0 aliphatic carbocycles. The molecule has 0 spiro atoms. The maximum Gasteiger partial charge on any atom is 0.271 e. The highest BCUT2D eigenvalue weighted by atomic mass is 35.5. The Morgan fingerprint density at radius 3 is 2.88 bits per heavy atom. The van der Waals surface area contributed by atoms with Crippen LogP contribution in [0.1, 0.15) is 13.8 Å². The van der Waals surface area contributed by atoms with Gasteiger partial charge in [-0.05, 0) is 32.0 Å². The Labute approximate surface area is 104 Å². The molecular weight excluding hydrogens is 240 g/mol. The second-order valence-corrected chi connectivity index (χ2v) is 4.71. The number of benzene rings is 1. The van der Waals surface area contributed by atoms with E-state index in [-0.39, 0.29) is 12.5 Å². The predicted octanol–water partition coefficient (Wildman–Crippen LogP) is 2.37. The molecule has 0 N–H and O–H groups in total. The van der Waals surface area contributed by atoms with Gasteiger partial charge >= 0.3 is 0 Å². The van der Waals surface area contributed by atoms with Crippen molar-refractivity contribution in [3.63, 3.8) is 0 Å². The van der Waals surface area contributed by atoms with Gasteiger partial charge in [0.1, 0.15) is 12.3 Å². The molecule has 0 fully saturated rings. The first-order chi connectivity index (χ1) is 7.95. The van der Waals surface area contributed by atoms with Gasteiger partial charge in [-0.15, -0.1) is 0 Å². The molecule has 2 rings (SSSR count). The summed E-state index contributed by atoms with van der Waals surface area (Å²) in [7, 11) is 0. The van der Waals surface area contributed by atoms with E-state index in [9.17, 15) is 4.79 Å². The van der Waals surface area contributed by atoms with E-state index in [1.165, 1.54) is 4.90 Å². The Hall–Kier alpha value is -1.73. The highest BCUT2D eigenvalue weighted by Crippen LogP contribution is 2.39. The zero-order valence-electron chi connectivity index (χ0n) is 9.53. The summed E-state index contributed by atoms with van der Waals surface area (Å²) in [5.41, 5.74) is -0.416. The lowest BCUT2D eigenvalue weighted by atomic mass is 10.0. The van der Waals surface area contributed by atoms with Crippen LogP contribution in [0, 0.1) is 11.3 Å². The summed E-state index contributed by atoms with van der Waals surface area (Å²) >= 11 is 5.88. The van der Waals surface area contributed by atoms with Gasteiger partial charge in [0, 0.05) is 5.02 Å². The fraction of sp³-hybridized carbons (Fsp3) is 0.333. The van der Waals surface area contributed by atoms with Gasteiger partial charge in [0.25, 0.3) is 5.91 Å². The highest BCUT2D eigenvalue weighted by Gasteiger charge is 2.40. The number of carbonyl (C=O) groups excluding carboxylic acids is 1. The van der Waals surface area contributed by atoms with E-state index >= 15 is 0 Å². The van der Waals surface area contributed by atoms with Crippen LogP contribution in [0.4, 0.5) is 5.69 Å². The van der Waals surface area contributed by atoms with Gasteiger partial charge in [0.05, 0.1) is 11.8 Å². The molecule has 1 heterocycles. The molecule has 0 radical (unpaired) electrons. The minimum Gasteiger partial charge on any atom is -0.476 e. The Morgan fingerprint density at radius 2 is 2.24 bits per heavy atom. The third-order valence-corrected chi connectivity index (χ3v) is 2.80. The number of anilines is 1. The maximum absolute atomic E-state index is 12.1. The molecule has 1 amide bonds.